The molecule has 3 aromatic rings. The molecule has 5 rings (SSSR count). The Labute approximate surface area is 193 Å². The summed E-state index contributed by atoms with van der Waals surface area (Å²) in [4.78, 5) is 29.6. The van der Waals surface area contributed by atoms with Gasteiger partial charge in [-0.05, 0) is 30.5 Å². The molecule has 168 valence electrons. The van der Waals surface area contributed by atoms with Gasteiger partial charge in [0.2, 0.25) is 11.8 Å². The lowest BCUT2D eigenvalue weighted by atomic mass is 10.1. The van der Waals surface area contributed by atoms with Gasteiger partial charge in [-0.2, -0.15) is 5.10 Å². The van der Waals surface area contributed by atoms with Crippen molar-refractivity contribution < 1.29 is 9.59 Å². The maximum atomic E-state index is 12.5. The lowest BCUT2D eigenvalue weighted by Gasteiger charge is -2.11. The molecular weight excluding hydrogens is 414 g/mol. The Morgan fingerprint density at radius 1 is 0.879 bits per heavy atom. The summed E-state index contributed by atoms with van der Waals surface area (Å²) in [7, 11) is 0. The van der Waals surface area contributed by atoms with Crippen LogP contribution in [-0.4, -0.2) is 38.6 Å². The molecular formula is C26H27N5O2. The maximum Gasteiger partial charge on any atom is 0.243 e. The van der Waals surface area contributed by atoms with Crippen molar-refractivity contribution in [2.45, 2.75) is 45.1 Å². The highest BCUT2D eigenvalue weighted by molar-refractivity contribution is 6.02. The minimum absolute atomic E-state index is 0.126. The zero-order valence-electron chi connectivity index (χ0n) is 18.5. The second-order valence-corrected chi connectivity index (χ2v) is 8.50. The van der Waals surface area contributed by atoms with E-state index in [0.29, 0.717) is 12.2 Å². The van der Waals surface area contributed by atoms with Crippen molar-refractivity contribution in [1.29, 1.82) is 0 Å². The predicted octanol–water partition coefficient (Wildman–Crippen LogP) is 4.24. The zero-order valence-corrected chi connectivity index (χ0v) is 18.5. The lowest BCUT2D eigenvalue weighted by Crippen LogP contribution is -2.24. The van der Waals surface area contributed by atoms with E-state index >= 15 is 0 Å². The van der Waals surface area contributed by atoms with E-state index in [1.807, 2.05) is 54.6 Å². The smallest absolute Gasteiger partial charge is 0.243 e. The van der Waals surface area contributed by atoms with Crippen molar-refractivity contribution >= 4 is 23.2 Å². The fourth-order valence-corrected chi connectivity index (χ4v) is 4.32. The lowest BCUT2D eigenvalue weighted by molar-refractivity contribution is -0.132. The molecule has 0 spiro atoms. The molecule has 0 unspecified atom stereocenters. The molecule has 0 radical (unpaired) electrons. The quantitative estimate of drug-likeness (QED) is 0.621. The third-order valence-electron chi connectivity index (χ3n) is 6.14. The van der Waals surface area contributed by atoms with Gasteiger partial charge >= 0.3 is 0 Å². The number of hydrogen-bond acceptors (Lipinski definition) is 4. The molecule has 33 heavy (non-hydrogen) atoms. The first-order valence-corrected chi connectivity index (χ1v) is 11.6. The molecule has 2 amide bonds. The first kappa shape index (κ1) is 21.1. The molecule has 1 N–H and O–H groups in total. The Morgan fingerprint density at radius 3 is 2.48 bits per heavy atom. The van der Waals surface area contributed by atoms with Gasteiger partial charge in [-0.3, -0.25) is 9.59 Å². The summed E-state index contributed by atoms with van der Waals surface area (Å²) in [5, 5.41) is 8.80. The van der Waals surface area contributed by atoms with Crippen LogP contribution >= 0.6 is 0 Å². The summed E-state index contributed by atoms with van der Waals surface area (Å²) < 4.78 is 2.23. The van der Waals surface area contributed by atoms with E-state index in [9.17, 15) is 9.59 Å². The molecule has 3 heterocycles. The Hall–Kier alpha value is -3.74. The van der Waals surface area contributed by atoms with Gasteiger partial charge in [-0.25, -0.2) is 9.99 Å². The average Bonchev–Trinajstić information content (AvgIpc) is 3.51. The van der Waals surface area contributed by atoms with Crippen LogP contribution in [0, 0.1) is 0 Å². The van der Waals surface area contributed by atoms with Crippen LogP contribution in [-0.2, 0) is 22.6 Å². The normalized spacial score (nSPS) is 15.2. The van der Waals surface area contributed by atoms with Crippen molar-refractivity contribution in [1.82, 2.24) is 14.6 Å². The molecule has 0 saturated heterocycles. The number of aryl methyl sites for hydroxylation is 2. The number of fused-ring (bicyclic) bond motifs is 1. The first-order chi connectivity index (χ1) is 16.2. The molecule has 2 aliphatic rings. The van der Waals surface area contributed by atoms with Crippen molar-refractivity contribution in [3.8, 4) is 11.3 Å². The van der Waals surface area contributed by atoms with Crippen molar-refractivity contribution in [3.63, 3.8) is 0 Å². The van der Waals surface area contributed by atoms with Crippen LogP contribution in [0.1, 0.15) is 43.5 Å². The van der Waals surface area contributed by atoms with Gasteiger partial charge in [0.1, 0.15) is 5.82 Å². The Morgan fingerprint density at radius 2 is 1.70 bits per heavy atom. The topological polar surface area (TPSA) is 79.6 Å². The summed E-state index contributed by atoms with van der Waals surface area (Å²) in [5.74, 6) is 0.840. The first-order valence-electron chi connectivity index (χ1n) is 11.6. The van der Waals surface area contributed by atoms with E-state index in [-0.39, 0.29) is 24.7 Å². The standard InChI is InChI=1S/C26H27N5O2/c32-25(13-14-26(33)31-17-15-22(29-31)19-6-2-1-3-7-19)27-21-11-9-20(10-12-21)23-18-30-16-5-4-8-24(30)28-23/h1-3,6-7,9-12,18H,4-5,8,13-17H2,(H,27,32). The maximum absolute atomic E-state index is 12.5. The van der Waals surface area contributed by atoms with Crippen LogP contribution in [0.25, 0.3) is 11.3 Å². The molecule has 0 atom stereocenters. The molecule has 0 bridgehead atoms. The van der Waals surface area contributed by atoms with Gasteiger partial charge in [0.25, 0.3) is 0 Å². The van der Waals surface area contributed by atoms with E-state index in [0.717, 1.165) is 47.7 Å². The molecule has 2 aromatic carbocycles. The number of hydrogen-bond donors (Lipinski definition) is 1. The van der Waals surface area contributed by atoms with Gasteiger partial charge in [0, 0.05) is 49.7 Å². The van der Waals surface area contributed by atoms with Crippen molar-refractivity contribution in [2.75, 3.05) is 11.9 Å². The fourth-order valence-electron chi connectivity index (χ4n) is 4.32. The van der Waals surface area contributed by atoms with Crippen LogP contribution in [0.15, 0.2) is 65.9 Å². The summed E-state index contributed by atoms with van der Waals surface area (Å²) >= 11 is 0. The number of hydrazone groups is 1. The highest BCUT2D eigenvalue weighted by Gasteiger charge is 2.22. The number of nitrogens with one attached hydrogen (secondary N) is 1. The molecule has 2 aliphatic heterocycles. The summed E-state index contributed by atoms with van der Waals surface area (Å²) in [5.41, 5.74) is 4.66. The van der Waals surface area contributed by atoms with Gasteiger partial charge in [-0.15, -0.1) is 0 Å². The second-order valence-electron chi connectivity index (χ2n) is 8.50. The van der Waals surface area contributed by atoms with Crippen molar-refractivity contribution in [2.24, 2.45) is 5.10 Å². The second kappa shape index (κ2) is 9.40. The van der Waals surface area contributed by atoms with E-state index in [2.05, 4.69) is 21.2 Å². The van der Waals surface area contributed by atoms with Gasteiger partial charge in [0.15, 0.2) is 0 Å². The van der Waals surface area contributed by atoms with E-state index in [1.54, 1.807) is 0 Å². The van der Waals surface area contributed by atoms with Gasteiger partial charge in [-0.1, -0.05) is 42.5 Å². The van der Waals surface area contributed by atoms with E-state index in [4.69, 9.17) is 4.98 Å². The molecule has 0 saturated carbocycles. The van der Waals surface area contributed by atoms with Crippen LogP contribution < -0.4 is 5.32 Å². The van der Waals surface area contributed by atoms with Crippen LogP contribution in [0.2, 0.25) is 0 Å². The largest absolute Gasteiger partial charge is 0.334 e. The summed E-state index contributed by atoms with van der Waals surface area (Å²) in [6.07, 6.45) is 6.53. The fraction of sp³-hybridized carbons (Fsp3) is 0.308. The summed E-state index contributed by atoms with van der Waals surface area (Å²) in [6.45, 7) is 1.59. The highest BCUT2D eigenvalue weighted by atomic mass is 16.2. The minimum atomic E-state index is -0.181. The number of benzene rings is 2. The number of carbonyl (C=O) groups excluding carboxylic acids is 2. The van der Waals surface area contributed by atoms with E-state index < -0.39 is 0 Å². The SMILES string of the molecule is O=C(CCC(=O)N1CCC(c2ccccc2)=N1)Nc1ccc(-c2cn3c(n2)CCCC3)cc1. The molecule has 7 nitrogen and oxygen atoms in total. The number of imidazole rings is 1. The number of anilines is 1. The van der Waals surface area contributed by atoms with E-state index in [1.165, 1.54) is 17.9 Å². The predicted molar refractivity (Wildman–Crippen MR) is 128 cm³/mol. The number of nitrogens with zero attached hydrogens (tertiary/aromatic N) is 4. The molecule has 1 aromatic heterocycles. The van der Waals surface area contributed by atoms with Crippen LogP contribution in [0.4, 0.5) is 5.69 Å². The number of amides is 2. The van der Waals surface area contributed by atoms with Crippen LogP contribution in [0.3, 0.4) is 0 Å². The Bertz CT molecular complexity index is 1160. The number of aromatic nitrogens is 2. The molecule has 7 heteroatoms. The molecule has 0 aliphatic carbocycles. The zero-order chi connectivity index (χ0) is 22.6. The highest BCUT2D eigenvalue weighted by Crippen LogP contribution is 2.24. The third-order valence-corrected chi connectivity index (χ3v) is 6.14. The summed E-state index contributed by atoms with van der Waals surface area (Å²) in [6, 6.07) is 17.6. The monoisotopic (exact) mass is 441 g/mol. The molecule has 0 fully saturated rings. The Kier molecular flexibility index (Phi) is 6.02. The average molecular weight is 442 g/mol. The Balaban J connectivity index is 1.13. The van der Waals surface area contributed by atoms with Crippen LogP contribution in [0.5, 0.6) is 0 Å². The number of rotatable bonds is 6. The van der Waals surface area contributed by atoms with Gasteiger partial charge < -0.3 is 9.88 Å². The van der Waals surface area contributed by atoms with Crippen molar-refractivity contribution in [3.05, 3.63) is 72.2 Å². The third kappa shape index (κ3) is 4.87. The van der Waals surface area contributed by atoms with Gasteiger partial charge in [0.05, 0.1) is 18.0 Å². The number of carbonyl (C=O) groups is 2. The minimum Gasteiger partial charge on any atom is -0.334 e.